The van der Waals surface area contributed by atoms with Crippen molar-refractivity contribution in [3.63, 3.8) is 0 Å². The molecule has 1 aromatic heterocycles. The average molecular weight is 292 g/mol. The number of methoxy groups -OCH3 is 1. The molecule has 0 bridgehead atoms. The quantitative estimate of drug-likeness (QED) is 0.694. The third-order valence-electron chi connectivity index (χ3n) is 2.72. The van der Waals surface area contributed by atoms with Crippen LogP contribution in [0.25, 0.3) is 5.08 Å². The van der Waals surface area contributed by atoms with Crippen molar-refractivity contribution in [1.82, 2.24) is 4.98 Å². The summed E-state index contributed by atoms with van der Waals surface area (Å²) in [5.41, 5.74) is 0.847. The number of H-pyrrole nitrogens is 1. The number of rotatable bonds is 4. The predicted octanol–water partition coefficient (Wildman–Crippen LogP) is 2.81. The molecule has 1 N–H and O–H groups in total. The summed E-state index contributed by atoms with van der Waals surface area (Å²) in [7, 11) is 1.42. The highest BCUT2D eigenvalue weighted by Gasteiger charge is 2.21. The first-order valence-corrected chi connectivity index (χ1v) is 6.16. The zero-order valence-corrected chi connectivity index (χ0v) is 11.5. The third-order valence-corrected chi connectivity index (χ3v) is 3.03. The molecular weight excluding hydrogens is 280 g/mol. The smallest absolute Gasteiger partial charge is 0.311 e. The Bertz CT molecular complexity index is 708. The van der Waals surface area contributed by atoms with Crippen molar-refractivity contribution in [3.05, 3.63) is 62.6 Å². The highest BCUT2D eigenvalue weighted by molar-refractivity contribution is 6.33. The lowest BCUT2D eigenvalue weighted by atomic mass is 10.3. The molecule has 0 saturated heterocycles. The number of hydrogen-bond donors (Lipinski definition) is 1. The molecule has 102 valence electrons. The molecule has 0 spiro atoms. The molecule has 1 aromatic carbocycles. The molecule has 2 aromatic rings. The van der Waals surface area contributed by atoms with Crippen LogP contribution in [0.1, 0.15) is 5.69 Å². The van der Waals surface area contributed by atoms with Crippen LogP contribution in [-0.2, 0) is 6.54 Å². The molecule has 20 heavy (non-hydrogen) atoms. The van der Waals surface area contributed by atoms with E-state index in [1.54, 1.807) is 24.3 Å². The van der Waals surface area contributed by atoms with E-state index in [0.29, 0.717) is 16.4 Å². The summed E-state index contributed by atoms with van der Waals surface area (Å²) in [4.78, 5) is 14.6. The summed E-state index contributed by atoms with van der Waals surface area (Å²) >= 11 is 6.04. The minimum absolute atomic E-state index is 0.166. The van der Waals surface area contributed by atoms with Gasteiger partial charge in [0.1, 0.15) is 12.2 Å². The molecule has 2 rings (SSSR count). The van der Waals surface area contributed by atoms with Crippen LogP contribution in [0.4, 0.5) is 5.69 Å². The Morgan fingerprint density at radius 2 is 2.20 bits per heavy atom. The molecule has 1 heterocycles. The van der Waals surface area contributed by atoms with Gasteiger partial charge in [-0.05, 0) is 12.1 Å². The fourth-order valence-corrected chi connectivity index (χ4v) is 1.97. The average Bonchev–Trinajstić information content (AvgIpc) is 2.46. The van der Waals surface area contributed by atoms with E-state index < -0.39 is 0 Å². The van der Waals surface area contributed by atoms with Crippen molar-refractivity contribution < 1.29 is 4.74 Å². The Balaban J connectivity index is 2.28. The Hall–Kier alpha value is -2.52. The fraction of sp³-hybridized carbons (Fsp3) is 0.154. The van der Waals surface area contributed by atoms with E-state index in [9.17, 15) is 4.79 Å². The third kappa shape index (κ3) is 2.90. The van der Waals surface area contributed by atoms with E-state index in [4.69, 9.17) is 21.7 Å². The van der Waals surface area contributed by atoms with Crippen LogP contribution < -0.4 is 15.2 Å². The predicted molar refractivity (Wildman–Crippen MR) is 76.3 cm³/mol. The van der Waals surface area contributed by atoms with Gasteiger partial charge in [-0.2, -0.15) is 0 Å². The highest BCUT2D eigenvalue weighted by Crippen LogP contribution is 2.26. The lowest BCUT2D eigenvalue weighted by Crippen LogP contribution is -2.17. The SMILES string of the molecule is COc1c[nH]c(CN([N+]#N)c2ccccc2Cl)cc1=O. The second-order valence-electron chi connectivity index (χ2n) is 3.99. The van der Waals surface area contributed by atoms with Gasteiger partial charge in [-0.25, -0.2) is 0 Å². The molecule has 0 atom stereocenters. The van der Waals surface area contributed by atoms with Gasteiger partial charge >= 0.3 is 5.08 Å². The number of benzene rings is 1. The van der Waals surface area contributed by atoms with Gasteiger partial charge in [0.25, 0.3) is 5.39 Å². The van der Waals surface area contributed by atoms with Crippen LogP contribution >= 0.6 is 11.6 Å². The topological polar surface area (TPSA) is 73.5 Å². The van der Waals surface area contributed by atoms with Crippen molar-refractivity contribution in [3.8, 4) is 5.75 Å². The van der Waals surface area contributed by atoms with Gasteiger partial charge in [-0.1, -0.05) is 23.7 Å². The normalized spacial score (nSPS) is 9.85. The van der Waals surface area contributed by atoms with E-state index in [0.717, 1.165) is 0 Å². The fourth-order valence-electron chi connectivity index (χ4n) is 1.74. The van der Waals surface area contributed by atoms with E-state index in [-0.39, 0.29) is 17.7 Å². The molecule has 0 fully saturated rings. The number of para-hydroxylation sites is 1. The van der Waals surface area contributed by atoms with Crippen molar-refractivity contribution in [2.24, 2.45) is 0 Å². The van der Waals surface area contributed by atoms with E-state index in [2.05, 4.69) is 10.1 Å². The number of nitrogens with zero attached hydrogens (tertiary/aromatic N) is 3. The van der Waals surface area contributed by atoms with Gasteiger partial charge in [0, 0.05) is 23.0 Å². The van der Waals surface area contributed by atoms with Gasteiger partial charge in [0.2, 0.25) is 5.43 Å². The van der Waals surface area contributed by atoms with Gasteiger partial charge in [0.05, 0.1) is 12.1 Å². The molecule has 0 aliphatic rings. The number of diazo groups is 1. The zero-order chi connectivity index (χ0) is 14.5. The van der Waals surface area contributed by atoms with Crippen LogP contribution in [0.2, 0.25) is 5.02 Å². The first-order chi connectivity index (χ1) is 9.65. The highest BCUT2D eigenvalue weighted by atomic mass is 35.5. The second kappa shape index (κ2) is 6.08. The number of aromatic nitrogens is 1. The maximum absolute atomic E-state index is 11.7. The summed E-state index contributed by atoms with van der Waals surface area (Å²) in [5, 5.41) is 14.0. The standard InChI is InChI=1S/C13H11ClN4O2/c1-20-13-7-16-9(6-12(13)19)8-18(17-15)11-5-3-2-4-10(11)14/h2-7H,8H2,1H3/p+1. The molecule has 0 aliphatic carbocycles. The van der Waals surface area contributed by atoms with Crippen molar-refractivity contribution >= 4 is 17.3 Å². The summed E-state index contributed by atoms with van der Waals surface area (Å²) < 4.78 is 4.88. The molecule has 0 amide bonds. The minimum atomic E-state index is -0.252. The summed E-state index contributed by atoms with van der Waals surface area (Å²) in [5.74, 6) is 0.221. The van der Waals surface area contributed by atoms with E-state index in [1.165, 1.54) is 24.4 Å². The van der Waals surface area contributed by atoms with E-state index in [1.807, 2.05) is 0 Å². The maximum atomic E-state index is 11.7. The van der Waals surface area contributed by atoms with Crippen molar-refractivity contribution in [2.45, 2.75) is 6.54 Å². The van der Waals surface area contributed by atoms with Gasteiger partial charge in [-0.3, -0.25) is 4.79 Å². The summed E-state index contributed by atoms with van der Waals surface area (Å²) in [6.07, 6.45) is 1.46. The first-order valence-electron chi connectivity index (χ1n) is 5.78. The Kier molecular flexibility index (Phi) is 4.23. The molecular formula is C13H12ClN4O2+. The number of halogens is 1. The molecule has 7 heteroatoms. The Labute approximate surface area is 120 Å². The number of nitrogens with one attached hydrogen (secondary N) is 1. The van der Waals surface area contributed by atoms with Crippen LogP contribution in [-0.4, -0.2) is 12.1 Å². The van der Waals surface area contributed by atoms with Gasteiger partial charge in [-0.15, -0.1) is 0 Å². The van der Waals surface area contributed by atoms with Crippen molar-refractivity contribution in [1.29, 1.82) is 5.39 Å². The second-order valence-corrected chi connectivity index (χ2v) is 4.40. The maximum Gasteiger partial charge on any atom is 0.311 e. The van der Waals surface area contributed by atoms with Crippen molar-refractivity contribution in [2.75, 3.05) is 12.1 Å². The van der Waals surface area contributed by atoms with E-state index >= 15 is 0 Å². The van der Waals surface area contributed by atoms with Crippen LogP contribution in [0.5, 0.6) is 5.75 Å². The van der Waals surface area contributed by atoms with Crippen LogP contribution in [0.3, 0.4) is 0 Å². The van der Waals surface area contributed by atoms with Gasteiger partial charge < -0.3 is 9.72 Å². The summed E-state index contributed by atoms with van der Waals surface area (Å²) in [6.45, 7) is 0.166. The molecule has 6 nitrogen and oxygen atoms in total. The minimum Gasteiger partial charge on any atom is -0.491 e. The number of anilines is 1. The first kappa shape index (κ1) is 13.9. The lowest BCUT2D eigenvalue weighted by Gasteiger charge is -2.07. The largest absolute Gasteiger partial charge is 0.491 e. The molecule has 0 saturated carbocycles. The zero-order valence-electron chi connectivity index (χ0n) is 10.7. The Morgan fingerprint density at radius 3 is 2.80 bits per heavy atom. The lowest BCUT2D eigenvalue weighted by molar-refractivity contribution is 0.408. The summed E-state index contributed by atoms with van der Waals surface area (Å²) in [6, 6.07) is 8.33. The molecule has 0 unspecified atom stereocenters. The number of hydrogen-bond acceptors (Lipinski definition) is 4. The van der Waals surface area contributed by atoms with Crippen LogP contribution in [0, 0.1) is 5.39 Å². The monoisotopic (exact) mass is 291 g/mol. The number of ether oxygens (including phenoxy) is 1. The molecule has 0 aliphatic heterocycles. The van der Waals surface area contributed by atoms with Crippen LogP contribution in [0.15, 0.2) is 41.3 Å². The Morgan fingerprint density at radius 1 is 1.45 bits per heavy atom. The number of aromatic amines is 1. The van der Waals surface area contributed by atoms with Gasteiger partial charge in [0.15, 0.2) is 5.75 Å². The number of pyridine rings is 1. The molecule has 0 radical (unpaired) electrons.